The van der Waals surface area contributed by atoms with Crippen molar-refractivity contribution in [3.63, 3.8) is 0 Å². The maximum atomic E-state index is 9.38. The monoisotopic (exact) mass is 533 g/mol. The Kier molecular flexibility index (Phi) is 5.52. The lowest BCUT2D eigenvalue weighted by molar-refractivity contribution is 1.37. The van der Waals surface area contributed by atoms with Crippen LogP contribution in [0, 0.1) is 11.3 Å². The zero-order chi connectivity index (χ0) is 28.0. The van der Waals surface area contributed by atoms with Gasteiger partial charge < -0.3 is 0 Å². The fourth-order valence-corrected chi connectivity index (χ4v) is 6.07. The van der Waals surface area contributed by atoms with E-state index >= 15 is 0 Å². The van der Waals surface area contributed by atoms with Crippen molar-refractivity contribution in [1.29, 1.82) is 5.26 Å². The number of hydrogen-bond acceptors (Lipinski definition) is 3. The predicted molar refractivity (Wildman–Crippen MR) is 173 cm³/mol. The van der Waals surface area contributed by atoms with Crippen molar-refractivity contribution in [3.8, 4) is 39.6 Å². The van der Waals surface area contributed by atoms with E-state index < -0.39 is 0 Å². The topological polar surface area (TPSA) is 49.6 Å². The molecule has 8 aromatic rings. The molecule has 42 heavy (non-hydrogen) atoms. The van der Waals surface area contributed by atoms with Crippen LogP contribution in [0.15, 0.2) is 140 Å². The maximum absolute atomic E-state index is 9.38. The fraction of sp³-hybridized carbons (Fsp3) is 0. The summed E-state index contributed by atoms with van der Waals surface area (Å²) in [6.07, 6.45) is 1.83. The molecule has 8 rings (SSSR count). The largest absolute Gasteiger partial charge is 0.254 e. The van der Waals surface area contributed by atoms with Gasteiger partial charge in [0, 0.05) is 22.5 Å². The fourth-order valence-electron chi connectivity index (χ4n) is 6.07. The molecule has 0 radical (unpaired) electrons. The summed E-state index contributed by atoms with van der Waals surface area (Å²) in [6, 6.07) is 48.6. The smallest absolute Gasteiger partial charge is 0.0991 e. The number of benzene rings is 6. The van der Waals surface area contributed by atoms with Crippen molar-refractivity contribution in [2.75, 3.05) is 0 Å². The lowest BCUT2D eigenvalue weighted by Crippen LogP contribution is -1.91. The molecule has 0 N–H and O–H groups in total. The van der Waals surface area contributed by atoms with Crippen LogP contribution in [-0.4, -0.2) is 9.97 Å². The summed E-state index contributed by atoms with van der Waals surface area (Å²) in [4.78, 5) is 9.81. The first-order chi connectivity index (χ1) is 20.8. The first-order valence-electron chi connectivity index (χ1n) is 14.0. The molecule has 0 aliphatic carbocycles. The van der Waals surface area contributed by atoms with Crippen molar-refractivity contribution in [2.24, 2.45) is 0 Å². The van der Waals surface area contributed by atoms with E-state index in [-0.39, 0.29) is 0 Å². The third-order valence-electron chi connectivity index (χ3n) is 8.13. The molecule has 2 aromatic heterocycles. The third kappa shape index (κ3) is 3.90. The van der Waals surface area contributed by atoms with Crippen LogP contribution in [0.25, 0.3) is 76.9 Å². The van der Waals surface area contributed by atoms with E-state index in [4.69, 9.17) is 4.98 Å². The second-order valence-corrected chi connectivity index (χ2v) is 10.5. The van der Waals surface area contributed by atoms with Crippen LogP contribution in [0.1, 0.15) is 5.56 Å². The lowest BCUT2D eigenvalue weighted by Gasteiger charge is -2.16. The molecule has 0 aliphatic heterocycles. The zero-order valence-corrected chi connectivity index (χ0v) is 22.6. The Morgan fingerprint density at radius 2 is 1.19 bits per heavy atom. The first-order valence-corrected chi connectivity index (χ1v) is 14.0. The van der Waals surface area contributed by atoms with Crippen LogP contribution >= 0.6 is 0 Å². The Balaban J connectivity index is 1.35. The summed E-state index contributed by atoms with van der Waals surface area (Å²) in [5.41, 5.74) is 9.03. The minimum atomic E-state index is 0.654. The third-order valence-corrected chi connectivity index (χ3v) is 8.13. The van der Waals surface area contributed by atoms with Gasteiger partial charge in [0.1, 0.15) is 0 Å². The number of rotatable bonds is 3. The zero-order valence-electron chi connectivity index (χ0n) is 22.6. The average Bonchev–Trinajstić information content (AvgIpc) is 3.07. The number of nitriles is 1. The SMILES string of the molecule is N#Cc1ccc(-c2c(-c3ccc4cccc(-c5ccc6ccc7cccnc7c6n5)c4c3)ccc3ccccc23)cc1. The molecule has 3 heteroatoms. The van der Waals surface area contributed by atoms with Crippen molar-refractivity contribution in [3.05, 3.63) is 145 Å². The van der Waals surface area contributed by atoms with Gasteiger partial charge in [0.15, 0.2) is 0 Å². The second-order valence-electron chi connectivity index (χ2n) is 10.5. The van der Waals surface area contributed by atoms with Gasteiger partial charge in [-0.15, -0.1) is 0 Å². The van der Waals surface area contributed by atoms with E-state index in [1.54, 1.807) is 0 Å². The summed E-state index contributed by atoms with van der Waals surface area (Å²) in [5.74, 6) is 0. The predicted octanol–water partition coefficient (Wildman–Crippen LogP) is 9.96. The van der Waals surface area contributed by atoms with Crippen molar-refractivity contribution in [1.82, 2.24) is 9.97 Å². The van der Waals surface area contributed by atoms with Gasteiger partial charge in [0.25, 0.3) is 0 Å². The Labute approximate surface area is 243 Å². The van der Waals surface area contributed by atoms with Crippen LogP contribution in [-0.2, 0) is 0 Å². The highest BCUT2D eigenvalue weighted by Crippen LogP contribution is 2.40. The van der Waals surface area contributed by atoms with Gasteiger partial charge in [-0.25, -0.2) is 4.98 Å². The van der Waals surface area contributed by atoms with Gasteiger partial charge in [-0.3, -0.25) is 4.98 Å². The highest BCUT2D eigenvalue weighted by molar-refractivity contribution is 6.07. The number of aromatic nitrogens is 2. The first kappa shape index (κ1) is 24.0. The Morgan fingerprint density at radius 3 is 2.07 bits per heavy atom. The number of nitrogens with zero attached hydrogens (tertiary/aromatic N) is 3. The molecule has 0 atom stereocenters. The standard InChI is InChI=1S/C39H23N3/c40-24-25-10-12-28(13-11-25)37-32-8-2-1-5-26(32)18-20-33(37)31-17-14-27-6-3-9-34(35(27)23-31)36-21-19-30-16-15-29-7-4-22-41-38(29)39(30)42-36/h1-23H. The van der Waals surface area contributed by atoms with E-state index in [0.717, 1.165) is 66.1 Å². The molecule has 0 saturated carbocycles. The normalized spacial score (nSPS) is 11.3. The molecule has 0 spiro atoms. The quantitative estimate of drug-likeness (QED) is 0.212. The number of pyridine rings is 2. The summed E-state index contributed by atoms with van der Waals surface area (Å²) in [6.45, 7) is 0. The molecule has 0 unspecified atom stereocenters. The van der Waals surface area contributed by atoms with Crippen molar-refractivity contribution in [2.45, 2.75) is 0 Å². The summed E-state index contributed by atoms with van der Waals surface area (Å²) in [7, 11) is 0. The van der Waals surface area contributed by atoms with E-state index in [0.29, 0.717) is 5.56 Å². The van der Waals surface area contributed by atoms with Gasteiger partial charge in [0.05, 0.1) is 28.4 Å². The van der Waals surface area contributed by atoms with Gasteiger partial charge in [-0.2, -0.15) is 5.26 Å². The Morgan fingerprint density at radius 1 is 0.500 bits per heavy atom. The molecule has 2 heterocycles. The molecular formula is C39H23N3. The second kappa shape index (κ2) is 9.66. The molecule has 0 aliphatic rings. The Bertz CT molecular complexity index is 2360. The van der Waals surface area contributed by atoms with Gasteiger partial charge in [-0.1, -0.05) is 103 Å². The van der Waals surface area contributed by atoms with Crippen molar-refractivity contribution >= 4 is 43.4 Å². The number of hydrogen-bond donors (Lipinski definition) is 0. The van der Waals surface area contributed by atoms with Crippen LogP contribution < -0.4 is 0 Å². The van der Waals surface area contributed by atoms with Crippen LogP contribution in [0.3, 0.4) is 0 Å². The minimum absolute atomic E-state index is 0.654. The van der Waals surface area contributed by atoms with Crippen LogP contribution in [0.5, 0.6) is 0 Å². The molecule has 194 valence electrons. The summed E-state index contributed by atoms with van der Waals surface area (Å²) in [5, 5.41) is 16.2. The number of fused-ring (bicyclic) bond motifs is 5. The molecule has 6 aromatic carbocycles. The summed E-state index contributed by atoms with van der Waals surface area (Å²) >= 11 is 0. The maximum Gasteiger partial charge on any atom is 0.0991 e. The molecule has 0 fully saturated rings. The van der Waals surface area contributed by atoms with Gasteiger partial charge >= 0.3 is 0 Å². The van der Waals surface area contributed by atoms with Gasteiger partial charge in [0.2, 0.25) is 0 Å². The lowest BCUT2D eigenvalue weighted by atomic mass is 9.88. The van der Waals surface area contributed by atoms with Crippen LogP contribution in [0.2, 0.25) is 0 Å². The highest BCUT2D eigenvalue weighted by atomic mass is 14.8. The van der Waals surface area contributed by atoms with Crippen LogP contribution in [0.4, 0.5) is 0 Å². The highest BCUT2D eigenvalue weighted by Gasteiger charge is 2.15. The van der Waals surface area contributed by atoms with E-state index in [2.05, 4.69) is 114 Å². The Hall–Kier alpha value is -5.85. The van der Waals surface area contributed by atoms with Crippen molar-refractivity contribution < 1.29 is 0 Å². The molecular weight excluding hydrogens is 510 g/mol. The minimum Gasteiger partial charge on any atom is -0.254 e. The van der Waals surface area contributed by atoms with Gasteiger partial charge in [-0.05, 0) is 74.1 Å². The molecule has 0 amide bonds. The molecule has 3 nitrogen and oxygen atoms in total. The molecule has 0 bridgehead atoms. The molecule has 0 saturated heterocycles. The van der Waals surface area contributed by atoms with E-state index in [9.17, 15) is 5.26 Å². The van der Waals surface area contributed by atoms with E-state index in [1.165, 1.54) is 10.8 Å². The van der Waals surface area contributed by atoms with E-state index in [1.807, 2.05) is 36.5 Å². The summed E-state index contributed by atoms with van der Waals surface area (Å²) < 4.78 is 0. The average molecular weight is 534 g/mol.